The predicted molar refractivity (Wildman–Crippen MR) is 143 cm³/mol. The Hall–Kier alpha value is -1.35. The number of nitrogens with zero attached hydrogens (tertiary/aromatic N) is 3. The van der Waals surface area contributed by atoms with Gasteiger partial charge in [0.1, 0.15) is 0 Å². The Morgan fingerprint density at radius 2 is 1.91 bits per heavy atom. The summed E-state index contributed by atoms with van der Waals surface area (Å²) in [6.07, 6.45) is 0.463. The molecule has 3 aromatic rings. The number of aryl methyl sites for hydroxylation is 2. The lowest BCUT2D eigenvalue weighted by atomic mass is 10.1. The molecule has 9 heteroatoms. The van der Waals surface area contributed by atoms with Gasteiger partial charge in [-0.05, 0) is 55.3 Å². The number of carbonyl (C=O) groups excluding carboxylic acids is 1. The first-order valence-electron chi connectivity index (χ1n) is 10.9. The summed E-state index contributed by atoms with van der Waals surface area (Å²) in [7, 11) is 0. The quantitative estimate of drug-likeness (QED) is 0.346. The van der Waals surface area contributed by atoms with Crippen LogP contribution < -0.4 is 4.90 Å². The van der Waals surface area contributed by atoms with Gasteiger partial charge in [0.2, 0.25) is 5.91 Å². The van der Waals surface area contributed by atoms with Gasteiger partial charge in [0.15, 0.2) is 5.13 Å². The number of benzene rings is 2. The Balaban J connectivity index is 0.00000306. The lowest BCUT2D eigenvalue weighted by molar-refractivity contribution is -0.118. The number of aromatic nitrogens is 1. The molecular weight excluding hydrogens is 497 g/mol. The van der Waals surface area contributed by atoms with Crippen LogP contribution in [0.5, 0.6) is 0 Å². The molecule has 2 aromatic carbocycles. The Kier molecular flexibility index (Phi) is 9.85. The molecule has 0 N–H and O–H groups in total. The average molecular weight is 527 g/mol. The second kappa shape index (κ2) is 12.4. The number of hydrogen-bond donors (Lipinski definition) is 0. The van der Waals surface area contributed by atoms with E-state index in [9.17, 15) is 4.79 Å². The lowest BCUT2D eigenvalue weighted by Gasteiger charge is -2.29. The van der Waals surface area contributed by atoms with Gasteiger partial charge >= 0.3 is 0 Å². The fraction of sp³-hybridized carbons (Fsp3) is 0.417. The lowest BCUT2D eigenvalue weighted by Crippen LogP contribution is -2.43. The number of thiazole rings is 1. The molecule has 0 bridgehead atoms. The van der Waals surface area contributed by atoms with E-state index in [1.807, 2.05) is 29.2 Å². The number of halogens is 2. The van der Waals surface area contributed by atoms with Crippen LogP contribution in [0.3, 0.4) is 0 Å². The highest BCUT2D eigenvalue weighted by molar-refractivity contribution is 7.99. The fourth-order valence-corrected chi connectivity index (χ4v) is 5.68. The number of ether oxygens (including phenoxy) is 1. The first-order valence-corrected chi connectivity index (χ1v) is 13.0. The van der Waals surface area contributed by atoms with E-state index >= 15 is 0 Å². The maximum Gasteiger partial charge on any atom is 0.229 e. The van der Waals surface area contributed by atoms with Crippen molar-refractivity contribution in [3.8, 4) is 0 Å². The minimum absolute atomic E-state index is 0. The number of amides is 1. The van der Waals surface area contributed by atoms with E-state index in [4.69, 9.17) is 21.3 Å². The molecule has 0 spiro atoms. The van der Waals surface area contributed by atoms with Crippen molar-refractivity contribution >= 4 is 68.4 Å². The van der Waals surface area contributed by atoms with Crippen LogP contribution >= 0.6 is 47.1 Å². The molecule has 1 amide bonds. The molecule has 0 atom stereocenters. The molecule has 1 aliphatic rings. The molecule has 5 nitrogen and oxygen atoms in total. The third-order valence-electron chi connectivity index (χ3n) is 5.75. The molecule has 1 aromatic heterocycles. The maximum absolute atomic E-state index is 13.3. The highest BCUT2D eigenvalue weighted by atomic mass is 35.5. The molecule has 0 radical (unpaired) electrons. The van der Waals surface area contributed by atoms with E-state index in [2.05, 4.69) is 30.9 Å². The summed E-state index contributed by atoms with van der Waals surface area (Å²) in [5.74, 6) is 0.838. The van der Waals surface area contributed by atoms with Gasteiger partial charge in [-0.25, -0.2) is 4.98 Å². The van der Waals surface area contributed by atoms with Gasteiger partial charge in [-0.15, -0.1) is 24.2 Å². The van der Waals surface area contributed by atoms with Crippen LogP contribution in [0.1, 0.15) is 17.5 Å². The van der Waals surface area contributed by atoms with Crippen molar-refractivity contribution in [2.75, 3.05) is 50.0 Å². The predicted octanol–water partition coefficient (Wildman–Crippen LogP) is 5.84. The largest absolute Gasteiger partial charge is 0.379 e. The topological polar surface area (TPSA) is 45.7 Å². The molecule has 1 fully saturated rings. The Morgan fingerprint density at radius 1 is 1.18 bits per heavy atom. The summed E-state index contributed by atoms with van der Waals surface area (Å²) in [5.41, 5.74) is 3.41. The summed E-state index contributed by atoms with van der Waals surface area (Å²) in [5, 5.41) is 1.52. The van der Waals surface area contributed by atoms with Crippen molar-refractivity contribution in [2.24, 2.45) is 0 Å². The van der Waals surface area contributed by atoms with Crippen molar-refractivity contribution in [1.29, 1.82) is 0 Å². The van der Waals surface area contributed by atoms with Crippen molar-refractivity contribution in [3.63, 3.8) is 0 Å². The number of fused-ring (bicyclic) bond motifs is 1. The Bertz CT molecular complexity index is 1070. The second-order valence-electron chi connectivity index (χ2n) is 7.90. The van der Waals surface area contributed by atoms with Crippen LogP contribution in [0.25, 0.3) is 10.2 Å². The van der Waals surface area contributed by atoms with E-state index in [-0.39, 0.29) is 18.3 Å². The van der Waals surface area contributed by atoms with Crippen molar-refractivity contribution < 1.29 is 9.53 Å². The van der Waals surface area contributed by atoms with Gasteiger partial charge in [0.05, 0.1) is 23.4 Å². The van der Waals surface area contributed by atoms with Gasteiger partial charge in [-0.2, -0.15) is 0 Å². The molecule has 1 aliphatic heterocycles. The van der Waals surface area contributed by atoms with Gasteiger partial charge in [0, 0.05) is 48.3 Å². The van der Waals surface area contributed by atoms with Crippen LogP contribution in [0.2, 0.25) is 5.02 Å². The van der Waals surface area contributed by atoms with Crippen molar-refractivity contribution in [1.82, 2.24) is 9.88 Å². The first-order chi connectivity index (χ1) is 15.5. The molecule has 0 unspecified atom stereocenters. The fourth-order valence-electron chi connectivity index (χ4n) is 3.64. The van der Waals surface area contributed by atoms with Crippen LogP contribution in [0, 0.1) is 13.8 Å². The van der Waals surface area contributed by atoms with E-state index in [1.165, 1.54) is 11.1 Å². The van der Waals surface area contributed by atoms with Crippen LogP contribution in [-0.4, -0.2) is 60.9 Å². The third-order valence-corrected chi connectivity index (χ3v) is 8.06. The minimum Gasteiger partial charge on any atom is -0.379 e. The summed E-state index contributed by atoms with van der Waals surface area (Å²) < 4.78 is 6.59. The molecule has 0 aliphatic carbocycles. The van der Waals surface area contributed by atoms with Crippen LogP contribution in [-0.2, 0) is 9.53 Å². The Labute approximate surface area is 214 Å². The first kappa shape index (κ1) is 26.3. The molecule has 2 heterocycles. The van der Waals surface area contributed by atoms with Gasteiger partial charge < -0.3 is 4.74 Å². The average Bonchev–Trinajstić information content (AvgIpc) is 3.23. The monoisotopic (exact) mass is 525 g/mol. The van der Waals surface area contributed by atoms with Crippen molar-refractivity contribution in [2.45, 2.75) is 25.2 Å². The number of hydrogen-bond acceptors (Lipinski definition) is 6. The number of carbonyl (C=O) groups is 1. The number of rotatable bonds is 8. The van der Waals surface area contributed by atoms with Gasteiger partial charge in [0.25, 0.3) is 0 Å². The van der Waals surface area contributed by atoms with Crippen LogP contribution in [0.15, 0.2) is 41.3 Å². The molecule has 178 valence electrons. The molecule has 4 rings (SSSR count). The molecular formula is C24H29Cl2N3O2S2. The SMILES string of the molecule is Cc1ccc2sc(N(CCN3CCOCC3)C(=O)CCSc3ccc(Cl)cc3)nc2c1C.Cl. The zero-order valence-corrected chi connectivity index (χ0v) is 22.1. The third kappa shape index (κ3) is 6.84. The number of anilines is 1. The van der Waals surface area contributed by atoms with E-state index < -0.39 is 0 Å². The van der Waals surface area contributed by atoms with E-state index in [0.29, 0.717) is 13.0 Å². The highest BCUT2D eigenvalue weighted by Gasteiger charge is 2.22. The molecule has 1 saturated heterocycles. The number of morpholine rings is 1. The van der Waals surface area contributed by atoms with E-state index in [1.54, 1.807) is 23.1 Å². The maximum atomic E-state index is 13.3. The number of thioether (sulfide) groups is 1. The minimum atomic E-state index is 0. The van der Waals surface area contributed by atoms with E-state index in [0.717, 1.165) is 63.9 Å². The summed E-state index contributed by atoms with van der Waals surface area (Å²) in [4.78, 5) is 23.6. The summed E-state index contributed by atoms with van der Waals surface area (Å²) in [6, 6.07) is 12.0. The van der Waals surface area contributed by atoms with Gasteiger partial charge in [-0.3, -0.25) is 14.6 Å². The highest BCUT2D eigenvalue weighted by Crippen LogP contribution is 2.32. The van der Waals surface area contributed by atoms with Gasteiger partial charge in [-0.1, -0.05) is 29.0 Å². The van der Waals surface area contributed by atoms with Crippen molar-refractivity contribution in [3.05, 3.63) is 52.5 Å². The zero-order chi connectivity index (χ0) is 22.5. The molecule has 0 saturated carbocycles. The van der Waals surface area contributed by atoms with Crippen LogP contribution in [0.4, 0.5) is 5.13 Å². The second-order valence-corrected chi connectivity index (χ2v) is 10.5. The Morgan fingerprint density at radius 3 is 2.64 bits per heavy atom. The summed E-state index contributed by atoms with van der Waals surface area (Å²) >= 11 is 9.25. The smallest absolute Gasteiger partial charge is 0.229 e. The molecule has 33 heavy (non-hydrogen) atoms. The standard InChI is InChI=1S/C24H28ClN3O2S2.ClH/c1-17-3-8-21-23(18(17)2)26-24(32-21)28(11-10-27-12-14-30-15-13-27)22(29)9-16-31-20-6-4-19(25)5-7-20;/h3-8H,9-16H2,1-2H3;1H. The zero-order valence-electron chi connectivity index (χ0n) is 18.9. The normalized spacial score (nSPS) is 14.3. The summed E-state index contributed by atoms with van der Waals surface area (Å²) in [6.45, 7) is 9.00.